The number of fused-ring (bicyclic) bond motifs is 1. The van der Waals surface area contributed by atoms with Crippen LogP contribution in [0.1, 0.15) is 30.5 Å². The van der Waals surface area contributed by atoms with E-state index in [1.54, 1.807) is 23.9 Å². The van der Waals surface area contributed by atoms with Crippen LogP contribution in [0.5, 0.6) is 0 Å². The zero-order valence-electron chi connectivity index (χ0n) is 18.6. The van der Waals surface area contributed by atoms with Gasteiger partial charge < -0.3 is 20.3 Å². The first-order chi connectivity index (χ1) is 15.9. The standard InChI is InChI=1S/C24H25ClN4O3S/c1-14-5-8-18(13-19(14)25)28-23(31)27-17-9-6-16(7-10-17)21-20(22(30)32-3)15(2)26-24-29(21)11-4-12-33-24/h5-10,13,21H,4,11-12H2,1-3H3,(H2,27,28,31). The van der Waals surface area contributed by atoms with Crippen molar-refractivity contribution in [3.05, 3.63) is 69.9 Å². The molecule has 33 heavy (non-hydrogen) atoms. The number of urea groups is 1. The first kappa shape index (κ1) is 23.2. The van der Waals surface area contributed by atoms with Gasteiger partial charge >= 0.3 is 12.0 Å². The number of amides is 2. The lowest BCUT2D eigenvalue weighted by Crippen LogP contribution is -2.42. The molecule has 2 heterocycles. The van der Waals surface area contributed by atoms with Crippen LogP contribution in [-0.2, 0) is 9.53 Å². The Hall–Kier alpha value is -2.97. The van der Waals surface area contributed by atoms with Crippen molar-refractivity contribution >= 4 is 51.9 Å². The van der Waals surface area contributed by atoms with Crippen molar-refractivity contribution in [1.82, 2.24) is 4.90 Å². The molecule has 0 bridgehead atoms. The first-order valence-corrected chi connectivity index (χ1v) is 11.9. The van der Waals surface area contributed by atoms with E-state index in [-0.39, 0.29) is 18.0 Å². The normalized spacial score (nSPS) is 17.8. The molecule has 2 amide bonds. The molecule has 1 atom stereocenters. The third-order valence-electron chi connectivity index (χ3n) is 5.58. The van der Waals surface area contributed by atoms with Crippen molar-refractivity contribution in [3.63, 3.8) is 0 Å². The van der Waals surface area contributed by atoms with E-state index in [1.807, 2.05) is 44.2 Å². The van der Waals surface area contributed by atoms with Gasteiger partial charge in [0, 0.05) is 28.7 Å². The molecule has 4 rings (SSSR count). The number of methoxy groups -OCH3 is 1. The van der Waals surface area contributed by atoms with Crippen molar-refractivity contribution < 1.29 is 14.3 Å². The van der Waals surface area contributed by atoms with Gasteiger partial charge in [0.15, 0.2) is 5.17 Å². The van der Waals surface area contributed by atoms with Crippen LogP contribution >= 0.6 is 23.4 Å². The highest BCUT2D eigenvalue weighted by Crippen LogP contribution is 2.40. The number of carbonyl (C=O) groups is 2. The van der Waals surface area contributed by atoms with E-state index in [2.05, 4.69) is 20.5 Å². The van der Waals surface area contributed by atoms with E-state index >= 15 is 0 Å². The highest BCUT2D eigenvalue weighted by atomic mass is 35.5. The largest absolute Gasteiger partial charge is 0.466 e. The molecular formula is C24H25ClN4O3S. The molecule has 9 heteroatoms. The number of esters is 1. The van der Waals surface area contributed by atoms with E-state index < -0.39 is 0 Å². The Morgan fingerprint density at radius 1 is 1.12 bits per heavy atom. The summed E-state index contributed by atoms with van der Waals surface area (Å²) in [4.78, 5) is 31.8. The van der Waals surface area contributed by atoms with Gasteiger partial charge in [-0.3, -0.25) is 0 Å². The zero-order chi connectivity index (χ0) is 23.5. The fourth-order valence-corrected chi connectivity index (χ4v) is 5.10. The lowest BCUT2D eigenvalue weighted by molar-refractivity contribution is -0.136. The number of carbonyl (C=O) groups excluding carboxylic acids is 2. The van der Waals surface area contributed by atoms with Gasteiger partial charge in [-0.2, -0.15) is 0 Å². The Morgan fingerprint density at radius 2 is 1.82 bits per heavy atom. The number of aryl methyl sites for hydroxylation is 1. The minimum Gasteiger partial charge on any atom is -0.466 e. The van der Waals surface area contributed by atoms with E-state index in [0.29, 0.717) is 27.7 Å². The predicted octanol–water partition coefficient (Wildman–Crippen LogP) is 5.59. The van der Waals surface area contributed by atoms with Crippen molar-refractivity contribution in [2.24, 2.45) is 4.99 Å². The summed E-state index contributed by atoms with van der Waals surface area (Å²) in [6.45, 7) is 4.56. The fourth-order valence-electron chi connectivity index (χ4n) is 3.90. The van der Waals surface area contributed by atoms with E-state index in [1.165, 1.54) is 7.11 Å². The number of nitrogens with zero attached hydrogens (tertiary/aromatic N) is 2. The minimum atomic E-state index is -0.380. The summed E-state index contributed by atoms with van der Waals surface area (Å²) in [5.41, 5.74) is 4.33. The van der Waals surface area contributed by atoms with E-state index in [0.717, 1.165) is 35.0 Å². The van der Waals surface area contributed by atoms with Gasteiger partial charge in [-0.05, 0) is 55.7 Å². The molecule has 0 radical (unpaired) electrons. The lowest BCUT2D eigenvalue weighted by Gasteiger charge is -2.40. The molecule has 0 aliphatic carbocycles. The van der Waals surface area contributed by atoms with Crippen LogP contribution in [0.4, 0.5) is 16.2 Å². The second-order valence-corrected chi connectivity index (χ2v) is 9.32. The third-order valence-corrected chi connectivity index (χ3v) is 7.06. The molecule has 0 saturated carbocycles. The molecular weight excluding hydrogens is 460 g/mol. The molecule has 7 nitrogen and oxygen atoms in total. The topological polar surface area (TPSA) is 83.0 Å². The van der Waals surface area contributed by atoms with Gasteiger partial charge in [-0.1, -0.05) is 41.6 Å². The highest BCUT2D eigenvalue weighted by Gasteiger charge is 2.37. The number of amidine groups is 1. The summed E-state index contributed by atoms with van der Waals surface area (Å²) in [6.07, 6.45) is 1.01. The SMILES string of the molecule is COC(=O)C1=C(C)N=C2SCCCN2C1c1ccc(NC(=O)Nc2ccc(C)c(Cl)c2)cc1. The molecule has 172 valence electrons. The second kappa shape index (κ2) is 9.89. The van der Waals surface area contributed by atoms with Gasteiger partial charge in [0.2, 0.25) is 0 Å². The summed E-state index contributed by atoms with van der Waals surface area (Å²) in [5.74, 6) is 0.627. The number of rotatable bonds is 4. The van der Waals surface area contributed by atoms with Crippen LogP contribution in [0.15, 0.2) is 58.7 Å². The number of aliphatic imine (C=N–C) groups is 1. The number of allylic oxidation sites excluding steroid dienone is 1. The van der Waals surface area contributed by atoms with Crippen LogP contribution in [0, 0.1) is 6.92 Å². The Labute approximate surface area is 202 Å². The molecule has 2 aliphatic heterocycles. The molecule has 1 unspecified atom stereocenters. The summed E-state index contributed by atoms with van der Waals surface area (Å²) >= 11 is 7.83. The van der Waals surface area contributed by atoms with Crippen LogP contribution in [0.2, 0.25) is 5.02 Å². The number of thioether (sulfide) groups is 1. The molecule has 0 spiro atoms. The molecule has 1 saturated heterocycles. The fraction of sp³-hybridized carbons (Fsp3) is 0.292. The van der Waals surface area contributed by atoms with Gasteiger partial charge in [0.25, 0.3) is 0 Å². The second-order valence-electron chi connectivity index (χ2n) is 7.85. The van der Waals surface area contributed by atoms with Gasteiger partial charge in [-0.15, -0.1) is 0 Å². The molecule has 2 aromatic rings. The molecule has 0 aromatic heterocycles. The highest BCUT2D eigenvalue weighted by molar-refractivity contribution is 8.13. The van der Waals surface area contributed by atoms with Crippen LogP contribution in [-0.4, -0.2) is 41.5 Å². The summed E-state index contributed by atoms with van der Waals surface area (Å²) < 4.78 is 5.07. The van der Waals surface area contributed by atoms with Crippen LogP contribution in [0.25, 0.3) is 0 Å². The van der Waals surface area contributed by atoms with E-state index in [9.17, 15) is 9.59 Å². The van der Waals surface area contributed by atoms with Crippen LogP contribution < -0.4 is 10.6 Å². The smallest absolute Gasteiger partial charge is 0.338 e. The van der Waals surface area contributed by atoms with Crippen molar-refractivity contribution in [1.29, 1.82) is 0 Å². The Bertz CT molecular complexity index is 1150. The maximum atomic E-state index is 12.6. The summed E-state index contributed by atoms with van der Waals surface area (Å²) in [5, 5.41) is 7.12. The zero-order valence-corrected chi connectivity index (χ0v) is 20.2. The maximum absolute atomic E-state index is 12.6. The monoisotopic (exact) mass is 484 g/mol. The van der Waals surface area contributed by atoms with Crippen molar-refractivity contribution in [2.45, 2.75) is 26.3 Å². The Morgan fingerprint density at radius 3 is 2.52 bits per heavy atom. The number of nitrogens with one attached hydrogen (secondary N) is 2. The Kier molecular flexibility index (Phi) is 6.95. The average Bonchev–Trinajstić information content (AvgIpc) is 2.80. The summed E-state index contributed by atoms with van der Waals surface area (Å²) in [6, 6.07) is 12.2. The number of anilines is 2. The number of hydrogen-bond acceptors (Lipinski definition) is 6. The lowest BCUT2D eigenvalue weighted by atomic mass is 9.94. The first-order valence-electron chi connectivity index (χ1n) is 10.6. The van der Waals surface area contributed by atoms with Gasteiger partial charge in [0.05, 0.1) is 24.4 Å². The molecule has 1 fully saturated rings. The van der Waals surface area contributed by atoms with E-state index in [4.69, 9.17) is 16.3 Å². The van der Waals surface area contributed by atoms with Crippen molar-refractivity contribution in [2.75, 3.05) is 30.0 Å². The Balaban J connectivity index is 1.53. The molecule has 2 aromatic carbocycles. The third kappa shape index (κ3) is 5.02. The molecule has 2 aliphatic rings. The summed E-state index contributed by atoms with van der Waals surface area (Å²) in [7, 11) is 1.39. The number of halogens is 1. The maximum Gasteiger partial charge on any atom is 0.338 e. The van der Waals surface area contributed by atoms with Crippen molar-refractivity contribution in [3.8, 4) is 0 Å². The number of hydrogen-bond donors (Lipinski definition) is 2. The molecule has 2 N–H and O–H groups in total. The quantitative estimate of drug-likeness (QED) is 0.553. The van der Waals surface area contributed by atoms with Gasteiger partial charge in [0.1, 0.15) is 0 Å². The minimum absolute atomic E-state index is 0.282. The van der Waals surface area contributed by atoms with Crippen LogP contribution in [0.3, 0.4) is 0 Å². The predicted molar refractivity (Wildman–Crippen MR) is 134 cm³/mol. The van der Waals surface area contributed by atoms with Gasteiger partial charge in [-0.25, -0.2) is 14.6 Å². The average molecular weight is 485 g/mol. The number of ether oxygens (including phenoxy) is 1. The number of benzene rings is 2.